The van der Waals surface area contributed by atoms with Gasteiger partial charge in [0.15, 0.2) is 11.5 Å². The second-order valence-corrected chi connectivity index (χ2v) is 8.63. The molecule has 0 atom stereocenters. The molecule has 0 bridgehead atoms. The zero-order valence-corrected chi connectivity index (χ0v) is 18.3. The molecule has 7 nitrogen and oxygen atoms in total. The van der Waals surface area contributed by atoms with E-state index in [1.807, 2.05) is 31.2 Å². The summed E-state index contributed by atoms with van der Waals surface area (Å²) in [5.41, 5.74) is 2.02. The van der Waals surface area contributed by atoms with Crippen LogP contribution in [0.2, 0.25) is 0 Å². The SMILES string of the molecule is Cc1ccc(Sc2ccc(/C=C3\C(=O)NC(=O)N(c4ccc5c(c4)OCO5)C3=O)cc2)cc1. The van der Waals surface area contributed by atoms with Crippen molar-refractivity contribution in [3.05, 3.63) is 83.4 Å². The number of carbonyl (C=O) groups excluding carboxylic acids is 3. The molecule has 1 N–H and O–H groups in total. The van der Waals surface area contributed by atoms with Gasteiger partial charge in [0.05, 0.1) is 5.69 Å². The maximum atomic E-state index is 13.1. The summed E-state index contributed by atoms with van der Waals surface area (Å²) in [6.07, 6.45) is 1.48. The highest BCUT2D eigenvalue weighted by atomic mass is 32.2. The molecule has 33 heavy (non-hydrogen) atoms. The van der Waals surface area contributed by atoms with Crippen molar-refractivity contribution in [1.29, 1.82) is 0 Å². The number of barbiturate groups is 1. The van der Waals surface area contributed by atoms with E-state index in [2.05, 4.69) is 29.6 Å². The number of anilines is 1. The number of aryl methyl sites for hydroxylation is 1. The van der Waals surface area contributed by atoms with Gasteiger partial charge in [-0.2, -0.15) is 0 Å². The number of rotatable bonds is 4. The third-order valence-corrected chi connectivity index (χ3v) is 6.18. The first kappa shape index (κ1) is 20.8. The molecule has 3 aromatic rings. The van der Waals surface area contributed by atoms with Gasteiger partial charge in [-0.15, -0.1) is 0 Å². The molecule has 1 saturated heterocycles. The van der Waals surface area contributed by atoms with E-state index in [9.17, 15) is 14.4 Å². The average Bonchev–Trinajstić information content (AvgIpc) is 3.27. The van der Waals surface area contributed by atoms with Crippen LogP contribution in [0.4, 0.5) is 10.5 Å². The van der Waals surface area contributed by atoms with E-state index >= 15 is 0 Å². The molecule has 0 saturated carbocycles. The predicted octanol–water partition coefficient (Wildman–Crippen LogP) is 4.54. The molecule has 0 aliphatic carbocycles. The van der Waals surface area contributed by atoms with Crippen molar-refractivity contribution < 1.29 is 23.9 Å². The van der Waals surface area contributed by atoms with Gasteiger partial charge in [0.25, 0.3) is 11.8 Å². The molecule has 0 unspecified atom stereocenters. The van der Waals surface area contributed by atoms with Crippen molar-refractivity contribution in [3.8, 4) is 11.5 Å². The van der Waals surface area contributed by atoms with E-state index in [1.54, 1.807) is 23.9 Å². The van der Waals surface area contributed by atoms with Gasteiger partial charge in [0.1, 0.15) is 5.57 Å². The second kappa shape index (κ2) is 8.48. The van der Waals surface area contributed by atoms with Crippen LogP contribution in [0, 0.1) is 6.92 Å². The molecule has 0 spiro atoms. The normalized spacial score (nSPS) is 16.3. The summed E-state index contributed by atoms with van der Waals surface area (Å²) in [4.78, 5) is 41.0. The van der Waals surface area contributed by atoms with Gasteiger partial charge in [-0.25, -0.2) is 9.69 Å². The van der Waals surface area contributed by atoms with Gasteiger partial charge in [-0.1, -0.05) is 41.6 Å². The lowest BCUT2D eigenvalue weighted by Gasteiger charge is -2.26. The number of carbonyl (C=O) groups is 3. The Morgan fingerprint density at radius 1 is 0.879 bits per heavy atom. The third-order valence-electron chi connectivity index (χ3n) is 5.16. The van der Waals surface area contributed by atoms with Crippen molar-refractivity contribution >= 4 is 41.4 Å². The number of ether oxygens (including phenoxy) is 2. The monoisotopic (exact) mass is 458 g/mol. The molecule has 8 heteroatoms. The lowest BCUT2D eigenvalue weighted by atomic mass is 10.1. The number of urea groups is 1. The van der Waals surface area contributed by atoms with Crippen LogP contribution in [-0.4, -0.2) is 24.6 Å². The summed E-state index contributed by atoms with van der Waals surface area (Å²) in [7, 11) is 0. The Balaban J connectivity index is 1.39. The Bertz CT molecular complexity index is 1300. The summed E-state index contributed by atoms with van der Waals surface area (Å²) in [5.74, 6) is -0.489. The minimum Gasteiger partial charge on any atom is -0.454 e. The van der Waals surface area contributed by atoms with E-state index in [0.717, 1.165) is 14.7 Å². The summed E-state index contributed by atoms with van der Waals surface area (Å²) < 4.78 is 10.6. The van der Waals surface area contributed by atoms with Gasteiger partial charge in [-0.05, 0) is 55.0 Å². The standard InChI is InChI=1S/C25H18N2O5S/c1-15-2-7-18(8-3-15)33-19-9-4-16(5-10-19)12-20-23(28)26-25(30)27(24(20)29)17-6-11-21-22(13-17)32-14-31-21/h2-13H,14H2,1H3,(H,26,28,30)/b20-12+. The Hall–Kier alpha value is -4.04. The van der Waals surface area contributed by atoms with Crippen molar-refractivity contribution in [2.75, 3.05) is 11.7 Å². The van der Waals surface area contributed by atoms with E-state index in [4.69, 9.17) is 9.47 Å². The van der Waals surface area contributed by atoms with Crippen LogP contribution in [0.15, 0.2) is 82.1 Å². The molecule has 2 aliphatic heterocycles. The Morgan fingerprint density at radius 2 is 1.55 bits per heavy atom. The van der Waals surface area contributed by atoms with E-state index in [1.165, 1.54) is 17.7 Å². The van der Waals surface area contributed by atoms with Crippen molar-refractivity contribution in [2.24, 2.45) is 0 Å². The molecule has 0 radical (unpaired) electrons. The van der Waals surface area contributed by atoms with Crippen LogP contribution in [0.1, 0.15) is 11.1 Å². The van der Waals surface area contributed by atoms with Crippen molar-refractivity contribution in [2.45, 2.75) is 16.7 Å². The van der Waals surface area contributed by atoms with Crippen LogP contribution in [0.25, 0.3) is 6.08 Å². The molecule has 5 rings (SSSR count). The molecule has 164 valence electrons. The number of hydrogen-bond donors (Lipinski definition) is 1. The largest absolute Gasteiger partial charge is 0.454 e. The number of nitrogens with one attached hydrogen (secondary N) is 1. The molecular weight excluding hydrogens is 440 g/mol. The topological polar surface area (TPSA) is 84.9 Å². The zero-order valence-electron chi connectivity index (χ0n) is 17.5. The Kier molecular flexibility index (Phi) is 5.35. The minimum atomic E-state index is -0.814. The van der Waals surface area contributed by atoms with Crippen LogP contribution in [0.3, 0.4) is 0 Å². The summed E-state index contributed by atoms with van der Waals surface area (Å²) >= 11 is 1.62. The van der Waals surface area contributed by atoms with Crippen LogP contribution >= 0.6 is 11.8 Å². The number of amides is 4. The predicted molar refractivity (Wildman–Crippen MR) is 123 cm³/mol. The van der Waals surface area contributed by atoms with E-state index < -0.39 is 17.8 Å². The van der Waals surface area contributed by atoms with Crippen LogP contribution in [-0.2, 0) is 9.59 Å². The lowest BCUT2D eigenvalue weighted by molar-refractivity contribution is -0.122. The van der Waals surface area contributed by atoms with Gasteiger partial charge in [-0.3, -0.25) is 14.9 Å². The first-order valence-electron chi connectivity index (χ1n) is 10.1. The molecule has 0 aromatic heterocycles. The fraction of sp³-hybridized carbons (Fsp3) is 0.0800. The van der Waals surface area contributed by atoms with Crippen LogP contribution < -0.4 is 19.7 Å². The maximum absolute atomic E-state index is 13.1. The number of benzene rings is 3. The molecular formula is C25H18N2O5S. The van der Waals surface area contributed by atoms with Gasteiger partial charge in [0.2, 0.25) is 6.79 Å². The van der Waals surface area contributed by atoms with Gasteiger partial charge < -0.3 is 9.47 Å². The second-order valence-electron chi connectivity index (χ2n) is 7.48. The van der Waals surface area contributed by atoms with Gasteiger partial charge in [0, 0.05) is 15.9 Å². The quantitative estimate of drug-likeness (QED) is 0.456. The summed E-state index contributed by atoms with van der Waals surface area (Å²) in [6.45, 7) is 2.11. The van der Waals surface area contributed by atoms with E-state index in [0.29, 0.717) is 17.1 Å². The van der Waals surface area contributed by atoms with Crippen molar-refractivity contribution in [1.82, 2.24) is 5.32 Å². The fourth-order valence-corrected chi connectivity index (χ4v) is 4.27. The first-order chi connectivity index (χ1) is 16.0. The fourth-order valence-electron chi connectivity index (χ4n) is 3.46. The summed E-state index contributed by atoms with van der Waals surface area (Å²) in [5, 5.41) is 2.23. The smallest absolute Gasteiger partial charge is 0.335 e. The maximum Gasteiger partial charge on any atom is 0.335 e. The third kappa shape index (κ3) is 4.20. The average molecular weight is 458 g/mol. The molecule has 1 fully saturated rings. The van der Waals surface area contributed by atoms with Crippen LogP contribution in [0.5, 0.6) is 11.5 Å². The molecule has 4 amide bonds. The Morgan fingerprint density at radius 3 is 2.27 bits per heavy atom. The molecule has 3 aromatic carbocycles. The number of nitrogens with zero attached hydrogens (tertiary/aromatic N) is 1. The highest BCUT2D eigenvalue weighted by Crippen LogP contribution is 2.36. The zero-order chi connectivity index (χ0) is 22.9. The minimum absolute atomic E-state index is 0.0702. The van der Waals surface area contributed by atoms with Gasteiger partial charge >= 0.3 is 6.03 Å². The summed E-state index contributed by atoms with van der Waals surface area (Å²) in [6, 6.07) is 19.6. The number of fused-ring (bicyclic) bond motifs is 1. The van der Waals surface area contributed by atoms with Crippen molar-refractivity contribution in [3.63, 3.8) is 0 Å². The number of imide groups is 2. The Labute approximate surface area is 194 Å². The number of hydrogen-bond acceptors (Lipinski definition) is 6. The molecule has 2 heterocycles. The highest BCUT2D eigenvalue weighted by molar-refractivity contribution is 7.99. The first-order valence-corrected chi connectivity index (χ1v) is 11.0. The highest BCUT2D eigenvalue weighted by Gasteiger charge is 2.37. The van der Waals surface area contributed by atoms with E-state index in [-0.39, 0.29) is 18.1 Å². The lowest BCUT2D eigenvalue weighted by Crippen LogP contribution is -2.54. The molecule has 2 aliphatic rings.